The van der Waals surface area contributed by atoms with E-state index in [0.717, 1.165) is 0 Å². The number of methoxy groups -OCH3 is 1. The number of esters is 1. The van der Waals surface area contributed by atoms with Crippen LogP contribution in [0.15, 0.2) is 47.1 Å². The average molecular weight is 336 g/mol. The highest BCUT2D eigenvalue weighted by Gasteiger charge is 2.23. The molecule has 1 unspecified atom stereocenters. The van der Waals surface area contributed by atoms with Crippen LogP contribution in [0.3, 0.4) is 0 Å². The Morgan fingerprint density at radius 1 is 1.26 bits per heavy atom. The van der Waals surface area contributed by atoms with Crippen LogP contribution in [0, 0.1) is 5.92 Å². The van der Waals surface area contributed by atoms with Gasteiger partial charge >= 0.3 is 5.97 Å². The van der Waals surface area contributed by atoms with Crippen molar-refractivity contribution in [2.75, 3.05) is 13.7 Å². The number of carbonyl (C=O) groups excluding carboxylic acids is 2. The Labute approximate surface area is 139 Å². The quantitative estimate of drug-likeness (QED) is 0.759. The molecule has 1 amide bonds. The fraction of sp³-hybridized carbons (Fsp3) is 0.294. The highest BCUT2D eigenvalue weighted by atomic mass is 35.5. The molecule has 23 heavy (non-hydrogen) atoms. The number of hydrogen-bond donors (Lipinski definition) is 0. The van der Waals surface area contributed by atoms with Gasteiger partial charge in [-0.05, 0) is 36.4 Å². The summed E-state index contributed by atoms with van der Waals surface area (Å²) in [5.41, 5.74) is 0.498. The van der Waals surface area contributed by atoms with Crippen molar-refractivity contribution in [3.63, 3.8) is 0 Å². The second kappa shape index (κ2) is 7.83. The molecule has 0 saturated heterocycles. The first-order chi connectivity index (χ1) is 11.0. The molecule has 0 aliphatic heterocycles. The summed E-state index contributed by atoms with van der Waals surface area (Å²) in [6, 6.07) is 10.2. The summed E-state index contributed by atoms with van der Waals surface area (Å²) in [6.45, 7) is 2.22. The summed E-state index contributed by atoms with van der Waals surface area (Å²) in [7, 11) is 1.33. The highest BCUT2D eigenvalue weighted by Crippen LogP contribution is 2.16. The predicted octanol–water partition coefficient (Wildman–Crippen LogP) is 3.38. The molecule has 0 fully saturated rings. The number of carbonyl (C=O) groups is 2. The van der Waals surface area contributed by atoms with Crippen molar-refractivity contribution in [2.24, 2.45) is 5.92 Å². The van der Waals surface area contributed by atoms with Crippen LogP contribution in [0.1, 0.15) is 23.0 Å². The zero-order valence-electron chi connectivity index (χ0n) is 13.0. The molecule has 1 aromatic heterocycles. The van der Waals surface area contributed by atoms with Gasteiger partial charge in [0.1, 0.15) is 5.76 Å². The molecule has 0 saturated carbocycles. The minimum atomic E-state index is -0.439. The van der Waals surface area contributed by atoms with Gasteiger partial charge in [0.2, 0.25) is 0 Å². The number of amides is 1. The first-order valence-electron chi connectivity index (χ1n) is 7.16. The van der Waals surface area contributed by atoms with E-state index in [1.807, 2.05) is 0 Å². The molecule has 0 aliphatic carbocycles. The number of rotatable bonds is 6. The van der Waals surface area contributed by atoms with Crippen LogP contribution < -0.4 is 0 Å². The second-order valence-corrected chi connectivity index (χ2v) is 5.63. The van der Waals surface area contributed by atoms with E-state index in [-0.39, 0.29) is 25.0 Å². The molecule has 2 aromatic rings. The van der Waals surface area contributed by atoms with Crippen LogP contribution in [0.2, 0.25) is 5.02 Å². The molecule has 5 nitrogen and oxygen atoms in total. The van der Waals surface area contributed by atoms with Crippen molar-refractivity contribution in [1.82, 2.24) is 4.90 Å². The maximum absolute atomic E-state index is 12.7. The molecule has 0 aliphatic rings. The highest BCUT2D eigenvalue weighted by molar-refractivity contribution is 6.30. The monoisotopic (exact) mass is 335 g/mol. The first kappa shape index (κ1) is 17.1. The maximum atomic E-state index is 12.7. The van der Waals surface area contributed by atoms with E-state index in [2.05, 4.69) is 0 Å². The molecule has 2 rings (SSSR count). The van der Waals surface area contributed by atoms with Gasteiger partial charge in [0, 0.05) is 17.1 Å². The summed E-state index contributed by atoms with van der Waals surface area (Å²) < 4.78 is 10.0. The standard InChI is InChI=1S/C17H18ClNO4/c1-12(17(21)22-2)10-19(11-15-4-3-9-23-15)16(20)13-5-7-14(18)8-6-13/h3-9,12H,10-11H2,1-2H3. The third-order valence-corrected chi connectivity index (χ3v) is 3.65. The van der Waals surface area contributed by atoms with Crippen LogP contribution in [-0.2, 0) is 16.1 Å². The maximum Gasteiger partial charge on any atom is 0.310 e. The Hall–Kier alpha value is -2.27. The summed E-state index contributed by atoms with van der Waals surface area (Å²) in [5, 5.41) is 0.557. The number of halogens is 1. The lowest BCUT2D eigenvalue weighted by Crippen LogP contribution is -2.36. The smallest absolute Gasteiger partial charge is 0.310 e. The molecule has 0 spiro atoms. The molecular formula is C17H18ClNO4. The molecule has 6 heteroatoms. The Kier molecular flexibility index (Phi) is 5.82. The van der Waals surface area contributed by atoms with E-state index in [0.29, 0.717) is 16.3 Å². The topological polar surface area (TPSA) is 59.8 Å². The molecule has 0 N–H and O–H groups in total. The van der Waals surface area contributed by atoms with E-state index in [1.54, 1.807) is 54.5 Å². The van der Waals surface area contributed by atoms with E-state index in [4.69, 9.17) is 20.8 Å². The largest absolute Gasteiger partial charge is 0.469 e. The van der Waals surface area contributed by atoms with Crippen molar-refractivity contribution in [3.8, 4) is 0 Å². The lowest BCUT2D eigenvalue weighted by Gasteiger charge is -2.24. The van der Waals surface area contributed by atoms with Gasteiger partial charge in [-0.15, -0.1) is 0 Å². The van der Waals surface area contributed by atoms with E-state index in [1.165, 1.54) is 7.11 Å². The van der Waals surface area contributed by atoms with E-state index in [9.17, 15) is 9.59 Å². The van der Waals surface area contributed by atoms with Gasteiger partial charge in [-0.1, -0.05) is 18.5 Å². The Bertz CT molecular complexity index is 652. The minimum absolute atomic E-state index is 0.200. The van der Waals surface area contributed by atoms with Crippen LogP contribution in [-0.4, -0.2) is 30.4 Å². The summed E-state index contributed by atoms with van der Waals surface area (Å²) in [6.07, 6.45) is 1.55. The zero-order valence-corrected chi connectivity index (χ0v) is 13.7. The number of furan rings is 1. The summed E-state index contributed by atoms with van der Waals surface area (Å²) >= 11 is 5.85. The van der Waals surface area contributed by atoms with Crippen molar-refractivity contribution in [3.05, 3.63) is 59.0 Å². The predicted molar refractivity (Wildman–Crippen MR) is 86.1 cm³/mol. The number of nitrogens with zero attached hydrogens (tertiary/aromatic N) is 1. The fourth-order valence-corrected chi connectivity index (χ4v) is 2.32. The van der Waals surface area contributed by atoms with Gasteiger partial charge in [0.05, 0.1) is 25.8 Å². The van der Waals surface area contributed by atoms with Gasteiger partial charge in [-0.3, -0.25) is 9.59 Å². The summed E-state index contributed by atoms with van der Waals surface area (Å²) in [4.78, 5) is 25.9. The number of ether oxygens (including phenoxy) is 1. The minimum Gasteiger partial charge on any atom is -0.469 e. The Morgan fingerprint density at radius 2 is 1.96 bits per heavy atom. The molecular weight excluding hydrogens is 318 g/mol. The van der Waals surface area contributed by atoms with Crippen LogP contribution in [0.5, 0.6) is 0 Å². The van der Waals surface area contributed by atoms with Crippen LogP contribution >= 0.6 is 11.6 Å². The molecule has 1 atom stereocenters. The van der Waals surface area contributed by atoms with Gasteiger partial charge in [0.25, 0.3) is 5.91 Å². The fourth-order valence-electron chi connectivity index (χ4n) is 2.19. The number of hydrogen-bond acceptors (Lipinski definition) is 4. The molecule has 1 aromatic carbocycles. The van der Waals surface area contributed by atoms with Crippen LogP contribution in [0.25, 0.3) is 0 Å². The van der Waals surface area contributed by atoms with E-state index >= 15 is 0 Å². The van der Waals surface area contributed by atoms with Crippen molar-refractivity contribution in [2.45, 2.75) is 13.5 Å². The van der Waals surface area contributed by atoms with Crippen LogP contribution in [0.4, 0.5) is 0 Å². The van der Waals surface area contributed by atoms with Crippen molar-refractivity contribution < 1.29 is 18.7 Å². The van der Waals surface area contributed by atoms with Gasteiger partial charge in [0.15, 0.2) is 0 Å². The third kappa shape index (κ3) is 4.60. The molecule has 1 heterocycles. The third-order valence-electron chi connectivity index (χ3n) is 3.40. The van der Waals surface area contributed by atoms with Crippen molar-refractivity contribution >= 4 is 23.5 Å². The first-order valence-corrected chi connectivity index (χ1v) is 7.54. The lowest BCUT2D eigenvalue weighted by molar-refractivity contribution is -0.145. The van der Waals surface area contributed by atoms with E-state index < -0.39 is 5.92 Å². The van der Waals surface area contributed by atoms with Gasteiger partial charge in [-0.2, -0.15) is 0 Å². The zero-order chi connectivity index (χ0) is 16.8. The average Bonchev–Trinajstić information content (AvgIpc) is 3.06. The molecule has 0 bridgehead atoms. The Morgan fingerprint density at radius 3 is 2.52 bits per heavy atom. The van der Waals surface area contributed by atoms with Gasteiger partial charge in [-0.25, -0.2) is 0 Å². The molecule has 122 valence electrons. The van der Waals surface area contributed by atoms with Crippen molar-refractivity contribution in [1.29, 1.82) is 0 Å². The Balaban J connectivity index is 2.19. The number of benzene rings is 1. The molecule has 0 radical (unpaired) electrons. The SMILES string of the molecule is COC(=O)C(C)CN(Cc1ccco1)C(=O)c1ccc(Cl)cc1. The second-order valence-electron chi connectivity index (χ2n) is 5.20. The lowest BCUT2D eigenvalue weighted by atomic mass is 10.1. The van der Waals surface area contributed by atoms with Gasteiger partial charge < -0.3 is 14.1 Å². The summed E-state index contributed by atoms with van der Waals surface area (Å²) in [5.74, 6) is -0.359. The normalized spacial score (nSPS) is 11.8.